The van der Waals surface area contributed by atoms with Gasteiger partial charge in [0.1, 0.15) is 11.6 Å². The van der Waals surface area contributed by atoms with Crippen LogP contribution in [0, 0.1) is 12.7 Å². The van der Waals surface area contributed by atoms with Gasteiger partial charge < -0.3 is 4.98 Å². The van der Waals surface area contributed by atoms with E-state index in [1.54, 1.807) is 12.1 Å². The van der Waals surface area contributed by atoms with Gasteiger partial charge in [-0.15, -0.1) is 0 Å². The minimum atomic E-state index is -0.194. The predicted octanol–water partition coefficient (Wildman–Crippen LogP) is 2.96. The number of rotatable bonds is 2. The average molecular weight is 296 g/mol. The van der Waals surface area contributed by atoms with E-state index < -0.39 is 0 Å². The van der Waals surface area contributed by atoms with Gasteiger partial charge in [-0.1, -0.05) is 0 Å². The lowest BCUT2D eigenvalue weighted by Gasteiger charge is -2.27. The molecule has 22 heavy (non-hydrogen) atoms. The van der Waals surface area contributed by atoms with Crippen LogP contribution >= 0.6 is 0 Å². The molecular weight excluding hydrogens is 279 g/mol. The van der Waals surface area contributed by atoms with Gasteiger partial charge in [0.25, 0.3) is 0 Å². The number of H-pyrrole nitrogens is 1. The van der Waals surface area contributed by atoms with Crippen LogP contribution in [0.4, 0.5) is 4.39 Å². The van der Waals surface area contributed by atoms with Crippen molar-refractivity contribution >= 4 is 10.9 Å². The second-order valence-corrected chi connectivity index (χ2v) is 5.85. The van der Waals surface area contributed by atoms with Crippen molar-refractivity contribution in [3.8, 4) is 0 Å². The van der Waals surface area contributed by atoms with Gasteiger partial charge in [-0.2, -0.15) is 0 Å². The lowest BCUT2D eigenvalue weighted by molar-refractivity contribution is 0.241. The molecule has 0 radical (unpaired) electrons. The lowest BCUT2D eigenvalue weighted by Crippen LogP contribution is -2.31. The minimum absolute atomic E-state index is 0.194. The minimum Gasteiger partial charge on any atom is -0.361 e. The number of aryl methyl sites for hydroxylation is 1. The monoisotopic (exact) mass is 296 g/mol. The summed E-state index contributed by atoms with van der Waals surface area (Å²) in [5.41, 5.74) is 4.47. The van der Waals surface area contributed by atoms with Crippen LogP contribution in [-0.2, 0) is 19.5 Å². The Balaban J connectivity index is 1.60. The first kappa shape index (κ1) is 13.4. The topological polar surface area (TPSA) is 44.8 Å². The van der Waals surface area contributed by atoms with Crippen molar-refractivity contribution in [1.29, 1.82) is 0 Å². The first-order valence-electron chi connectivity index (χ1n) is 7.48. The largest absolute Gasteiger partial charge is 0.361 e. The van der Waals surface area contributed by atoms with Crippen molar-refractivity contribution in [1.82, 2.24) is 19.9 Å². The summed E-state index contributed by atoms with van der Waals surface area (Å²) in [6.07, 6.45) is 4.88. The van der Waals surface area contributed by atoms with E-state index in [2.05, 4.69) is 19.9 Å². The summed E-state index contributed by atoms with van der Waals surface area (Å²) in [5, 5.41) is 0.963. The van der Waals surface area contributed by atoms with E-state index in [1.807, 2.05) is 19.3 Å². The zero-order valence-corrected chi connectivity index (χ0v) is 12.4. The number of aromatic amines is 1. The number of aromatic nitrogens is 3. The number of halogens is 1. The van der Waals surface area contributed by atoms with E-state index in [0.29, 0.717) is 0 Å². The Bertz CT molecular complexity index is 840. The van der Waals surface area contributed by atoms with Crippen LogP contribution in [0.3, 0.4) is 0 Å². The summed E-state index contributed by atoms with van der Waals surface area (Å²) >= 11 is 0. The van der Waals surface area contributed by atoms with Gasteiger partial charge >= 0.3 is 0 Å². The lowest BCUT2D eigenvalue weighted by atomic mass is 10.1. The summed E-state index contributed by atoms with van der Waals surface area (Å²) in [4.78, 5) is 14.4. The molecule has 0 bridgehead atoms. The fourth-order valence-electron chi connectivity index (χ4n) is 3.11. The Morgan fingerprint density at radius 2 is 2.27 bits per heavy atom. The molecule has 1 aromatic carbocycles. The van der Waals surface area contributed by atoms with Gasteiger partial charge in [0.15, 0.2) is 0 Å². The Labute approximate surface area is 128 Å². The highest BCUT2D eigenvalue weighted by Gasteiger charge is 2.19. The third kappa shape index (κ3) is 2.37. The van der Waals surface area contributed by atoms with E-state index in [0.717, 1.165) is 54.0 Å². The highest BCUT2D eigenvalue weighted by Crippen LogP contribution is 2.23. The average Bonchev–Trinajstić information content (AvgIpc) is 2.89. The maximum Gasteiger partial charge on any atom is 0.125 e. The smallest absolute Gasteiger partial charge is 0.125 e. The summed E-state index contributed by atoms with van der Waals surface area (Å²) in [6.45, 7) is 4.51. The molecule has 0 atom stereocenters. The Hall–Kier alpha value is -2.27. The Kier molecular flexibility index (Phi) is 3.15. The van der Waals surface area contributed by atoms with Gasteiger partial charge in [0.05, 0.1) is 5.69 Å². The second-order valence-electron chi connectivity index (χ2n) is 5.85. The summed E-state index contributed by atoms with van der Waals surface area (Å²) < 4.78 is 13.5. The molecule has 5 heteroatoms. The first-order valence-corrected chi connectivity index (χ1v) is 7.48. The Morgan fingerprint density at radius 1 is 1.36 bits per heavy atom. The summed E-state index contributed by atoms with van der Waals surface area (Å²) in [5.74, 6) is 0.621. The maximum atomic E-state index is 13.5. The normalized spacial score (nSPS) is 15.2. The number of nitrogens with one attached hydrogen (secondary N) is 1. The molecule has 1 aliphatic rings. The first-order chi connectivity index (χ1) is 10.7. The molecule has 0 saturated heterocycles. The van der Waals surface area contributed by atoms with Crippen molar-refractivity contribution in [2.45, 2.75) is 26.4 Å². The third-order valence-corrected chi connectivity index (χ3v) is 4.27. The zero-order valence-electron chi connectivity index (χ0n) is 12.4. The Morgan fingerprint density at radius 3 is 3.18 bits per heavy atom. The molecule has 0 aliphatic carbocycles. The molecule has 3 heterocycles. The molecule has 4 rings (SSSR count). The molecule has 0 saturated carbocycles. The highest BCUT2D eigenvalue weighted by atomic mass is 19.1. The zero-order chi connectivity index (χ0) is 15.1. The number of nitrogens with zero attached hydrogens (tertiary/aromatic N) is 3. The van der Waals surface area contributed by atoms with Gasteiger partial charge in [-0.05, 0) is 42.7 Å². The highest BCUT2D eigenvalue weighted by molar-refractivity contribution is 5.83. The quantitative estimate of drug-likeness (QED) is 0.791. The number of hydrogen-bond acceptors (Lipinski definition) is 3. The molecular formula is C17H17FN4. The van der Waals surface area contributed by atoms with Crippen LogP contribution in [0.15, 0.2) is 30.6 Å². The van der Waals surface area contributed by atoms with Crippen LogP contribution in [0.1, 0.15) is 22.6 Å². The third-order valence-electron chi connectivity index (χ3n) is 4.27. The van der Waals surface area contributed by atoms with E-state index in [1.165, 1.54) is 11.6 Å². The SMILES string of the molecule is Cc1ncc2c(n1)CN(Cc1c[nH]c3ccc(F)cc13)CC2. The van der Waals surface area contributed by atoms with E-state index in [9.17, 15) is 4.39 Å². The summed E-state index contributed by atoms with van der Waals surface area (Å²) in [6, 6.07) is 4.88. The maximum absolute atomic E-state index is 13.5. The second kappa shape index (κ2) is 5.18. The summed E-state index contributed by atoms with van der Waals surface area (Å²) in [7, 11) is 0. The van der Waals surface area contributed by atoms with Gasteiger partial charge in [0, 0.05) is 42.9 Å². The predicted molar refractivity (Wildman–Crippen MR) is 82.8 cm³/mol. The molecule has 1 N–H and O–H groups in total. The number of benzene rings is 1. The van der Waals surface area contributed by atoms with Crippen LogP contribution in [0.25, 0.3) is 10.9 Å². The van der Waals surface area contributed by atoms with E-state index in [-0.39, 0.29) is 5.82 Å². The van der Waals surface area contributed by atoms with Crippen LogP contribution in [0.5, 0.6) is 0 Å². The molecule has 2 aromatic heterocycles. The molecule has 1 aliphatic heterocycles. The fraction of sp³-hybridized carbons (Fsp3) is 0.294. The molecule has 3 aromatic rings. The van der Waals surface area contributed by atoms with Crippen LogP contribution in [-0.4, -0.2) is 26.4 Å². The van der Waals surface area contributed by atoms with Gasteiger partial charge in [0.2, 0.25) is 0 Å². The molecule has 0 unspecified atom stereocenters. The molecule has 4 nitrogen and oxygen atoms in total. The van der Waals surface area contributed by atoms with Crippen LogP contribution < -0.4 is 0 Å². The van der Waals surface area contributed by atoms with Crippen molar-refractivity contribution in [2.24, 2.45) is 0 Å². The van der Waals surface area contributed by atoms with Gasteiger partial charge in [-0.3, -0.25) is 4.90 Å². The van der Waals surface area contributed by atoms with E-state index >= 15 is 0 Å². The molecule has 0 fully saturated rings. The van der Waals surface area contributed by atoms with Crippen molar-refractivity contribution < 1.29 is 4.39 Å². The van der Waals surface area contributed by atoms with E-state index in [4.69, 9.17) is 0 Å². The van der Waals surface area contributed by atoms with Crippen molar-refractivity contribution in [2.75, 3.05) is 6.54 Å². The molecule has 0 amide bonds. The van der Waals surface area contributed by atoms with Crippen molar-refractivity contribution in [3.05, 3.63) is 59.1 Å². The number of hydrogen-bond donors (Lipinski definition) is 1. The molecule has 0 spiro atoms. The number of fused-ring (bicyclic) bond motifs is 2. The van der Waals surface area contributed by atoms with Crippen molar-refractivity contribution in [3.63, 3.8) is 0 Å². The fourth-order valence-corrected chi connectivity index (χ4v) is 3.11. The van der Waals surface area contributed by atoms with Crippen LogP contribution in [0.2, 0.25) is 0 Å². The molecule has 112 valence electrons. The standard InChI is InChI=1S/C17H17FN4/c1-11-19-7-12-4-5-22(10-17(12)21-11)9-13-8-20-16-3-2-14(18)6-15(13)16/h2-3,6-8,20H,4-5,9-10H2,1H3. The van der Waals surface area contributed by atoms with Gasteiger partial charge in [-0.25, -0.2) is 14.4 Å².